The van der Waals surface area contributed by atoms with Gasteiger partial charge in [0.15, 0.2) is 0 Å². The van der Waals surface area contributed by atoms with E-state index >= 15 is 0 Å². The molecule has 0 atom stereocenters. The number of nitrogens with zero attached hydrogens (tertiary/aromatic N) is 1. The number of carbonyl (C=O) groups excluding carboxylic acids is 1. The van der Waals surface area contributed by atoms with Gasteiger partial charge in [-0.2, -0.15) is 0 Å². The number of H-pyrrole nitrogens is 1. The van der Waals surface area contributed by atoms with Crippen LogP contribution in [-0.2, 0) is 16.8 Å². The number of piperidine rings is 1. The number of nitrogens with one attached hydrogen (secondary N) is 1. The molecule has 2 aliphatic rings. The van der Waals surface area contributed by atoms with Crippen molar-refractivity contribution in [2.45, 2.75) is 31.8 Å². The molecule has 1 saturated heterocycles. The molecule has 6 heteroatoms. The van der Waals surface area contributed by atoms with Crippen LogP contribution in [0.3, 0.4) is 0 Å². The highest BCUT2D eigenvalue weighted by molar-refractivity contribution is 7.10. The predicted octanol–water partition coefficient (Wildman–Crippen LogP) is 2.45. The van der Waals surface area contributed by atoms with Gasteiger partial charge in [0, 0.05) is 35.3 Å². The van der Waals surface area contributed by atoms with E-state index < -0.39 is 0 Å². The molecule has 126 valence electrons. The Hall–Kier alpha value is -1.92. The second-order valence-electron chi connectivity index (χ2n) is 6.58. The standard InChI is InChI=1S/C18H20N2O3S/c1-12-10-14(11-15(21)19-12)17(22)20-6-4-18(5-7-20)16-13(2-8-23-18)3-9-24-16/h3,9-11H,2,4-8H2,1H3,(H,19,21). The Kier molecular flexibility index (Phi) is 3.81. The molecule has 2 aromatic rings. The van der Waals surface area contributed by atoms with Crippen LogP contribution in [0, 0.1) is 6.92 Å². The molecule has 1 N–H and O–H groups in total. The number of hydrogen-bond acceptors (Lipinski definition) is 4. The highest BCUT2D eigenvalue weighted by Crippen LogP contribution is 2.44. The Balaban J connectivity index is 1.53. The molecule has 0 unspecified atom stereocenters. The molecule has 5 nitrogen and oxygen atoms in total. The SMILES string of the molecule is Cc1cc(C(=O)N2CCC3(CC2)OCCc2ccsc23)cc(=O)[nH]1. The third-order valence-corrected chi connectivity index (χ3v) is 6.14. The molecular formula is C18H20N2O3S. The molecule has 0 radical (unpaired) electrons. The summed E-state index contributed by atoms with van der Waals surface area (Å²) in [6.45, 7) is 3.85. The molecule has 1 spiro atoms. The monoisotopic (exact) mass is 344 g/mol. The van der Waals surface area contributed by atoms with Crippen molar-refractivity contribution in [1.82, 2.24) is 9.88 Å². The highest BCUT2D eigenvalue weighted by atomic mass is 32.1. The summed E-state index contributed by atoms with van der Waals surface area (Å²) in [7, 11) is 0. The number of thiophene rings is 1. The van der Waals surface area contributed by atoms with Crippen LogP contribution in [0.25, 0.3) is 0 Å². The number of rotatable bonds is 1. The molecule has 4 heterocycles. The van der Waals surface area contributed by atoms with Gasteiger partial charge in [0.1, 0.15) is 5.60 Å². The van der Waals surface area contributed by atoms with Crippen LogP contribution in [0.5, 0.6) is 0 Å². The van der Waals surface area contributed by atoms with Gasteiger partial charge in [0.2, 0.25) is 5.56 Å². The van der Waals surface area contributed by atoms with Gasteiger partial charge < -0.3 is 14.6 Å². The number of aromatic nitrogens is 1. The lowest BCUT2D eigenvalue weighted by Gasteiger charge is -2.43. The van der Waals surface area contributed by atoms with Crippen LogP contribution < -0.4 is 5.56 Å². The van der Waals surface area contributed by atoms with Gasteiger partial charge in [-0.1, -0.05) is 0 Å². The second kappa shape index (κ2) is 5.86. The lowest BCUT2D eigenvalue weighted by atomic mass is 9.85. The Morgan fingerprint density at radius 3 is 2.88 bits per heavy atom. The average Bonchev–Trinajstić information content (AvgIpc) is 3.04. The highest BCUT2D eigenvalue weighted by Gasteiger charge is 2.42. The fourth-order valence-corrected chi connectivity index (χ4v) is 4.95. The minimum atomic E-state index is -0.231. The van der Waals surface area contributed by atoms with Crippen LogP contribution in [0.15, 0.2) is 28.4 Å². The van der Waals surface area contributed by atoms with E-state index in [9.17, 15) is 9.59 Å². The van der Waals surface area contributed by atoms with Crippen LogP contribution in [0.4, 0.5) is 0 Å². The molecule has 4 rings (SSSR count). The van der Waals surface area contributed by atoms with E-state index in [0.29, 0.717) is 24.3 Å². The molecule has 1 amide bonds. The summed E-state index contributed by atoms with van der Waals surface area (Å²) in [5.74, 6) is -0.0683. The van der Waals surface area contributed by atoms with Gasteiger partial charge in [-0.3, -0.25) is 9.59 Å². The van der Waals surface area contributed by atoms with Crippen molar-refractivity contribution in [3.63, 3.8) is 0 Å². The van der Waals surface area contributed by atoms with Gasteiger partial charge in [-0.25, -0.2) is 0 Å². The fourth-order valence-electron chi connectivity index (χ4n) is 3.79. The lowest BCUT2D eigenvalue weighted by Crippen LogP contribution is -2.48. The van der Waals surface area contributed by atoms with E-state index in [-0.39, 0.29) is 17.1 Å². The number of ether oxygens (including phenoxy) is 1. The summed E-state index contributed by atoms with van der Waals surface area (Å²) in [6, 6.07) is 5.32. The zero-order valence-corrected chi connectivity index (χ0v) is 14.4. The van der Waals surface area contributed by atoms with Crippen LogP contribution in [-0.4, -0.2) is 35.5 Å². The number of amides is 1. The molecule has 24 heavy (non-hydrogen) atoms. The van der Waals surface area contributed by atoms with E-state index in [4.69, 9.17) is 4.74 Å². The number of likely N-dealkylation sites (tertiary alicyclic amines) is 1. The van der Waals surface area contributed by atoms with Crippen molar-refractivity contribution >= 4 is 17.2 Å². The van der Waals surface area contributed by atoms with Gasteiger partial charge >= 0.3 is 0 Å². The van der Waals surface area contributed by atoms with Crippen molar-refractivity contribution in [2.75, 3.05) is 19.7 Å². The summed E-state index contributed by atoms with van der Waals surface area (Å²) < 4.78 is 6.18. The average molecular weight is 344 g/mol. The Bertz CT molecular complexity index is 831. The normalized spacial score (nSPS) is 19.3. The molecule has 2 aliphatic heterocycles. The maximum Gasteiger partial charge on any atom is 0.254 e. The molecule has 0 bridgehead atoms. The Morgan fingerprint density at radius 2 is 2.12 bits per heavy atom. The first kappa shape index (κ1) is 15.6. The van der Waals surface area contributed by atoms with Gasteiger partial charge in [0.05, 0.1) is 6.61 Å². The van der Waals surface area contributed by atoms with Crippen molar-refractivity contribution in [3.8, 4) is 0 Å². The van der Waals surface area contributed by atoms with Crippen LogP contribution in [0.1, 0.15) is 39.3 Å². The zero-order chi connectivity index (χ0) is 16.7. The first-order chi connectivity index (χ1) is 11.6. The van der Waals surface area contributed by atoms with Gasteiger partial charge in [-0.05, 0) is 49.3 Å². The quantitative estimate of drug-likeness (QED) is 0.864. The second-order valence-corrected chi connectivity index (χ2v) is 7.49. The van der Waals surface area contributed by atoms with Crippen molar-refractivity contribution in [3.05, 3.63) is 55.6 Å². The first-order valence-electron chi connectivity index (χ1n) is 8.28. The first-order valence-corrected chi connectivity index (χ1v) is 9.16. The number of pyridine rings is 1. The molecule has 1 fully saturated rings. The largest absolute Gasteiger partial charge is 0.369 e. The molecular weight excluding hydrogens is 324 g/mol. The van der Waals surface area contributed by atoms with E-state index in [1.807, 2.05) is 4.90 Å². The van der Waals surface area contributed by atoms with E-state index in [0.717, 1.165) is 25.9 Å². The topological polar surface area (TPSA) is 62.4 Å². The molecule has 2 aromatic heterocycles. The number of aromatic amines is 1. The summed E-state index contributed by atoms with van der Waals surface area (Å²) in [4.78, 5) is 30.2. The maximum absolute atomic E-state index is 12.7. The zero-order valence-electron chi connectivity index (χ0n) is 13.6. The number of fused-ring (bicyclic) bond motifs is 2. The van der Waals surface area contributed by atoms with Crippen molar-refractivity contribution in [1.29, 1.82) is 0 Å². The maximum atomic E-state index is 12.7. The Labute approximate surface area is 144 Å². The summed E-state index contributed by atoms with van der Waals surface area (Å²) in [6.07, 6.45) is 2.61. The van der Waals surface area contributed by atoms with Crippen molar-refractivity contribution in [2.24, 2.45) is 0 Å². The van der Waals surface area contributed by atoms with E-state index in [1.54, 1.807) is 24.3 Å². The molecule has 0 aromatic carbocycles. The molecule has 0 saturated carbocycles. The van der Waals surface area contributed by atoms with E-state index in [1.165, 1.54) is 16.5 Å². The van der Waals surface area contributed by atoms with Crippen LogP contribution in [0.2, 0.25) is 0 Å². The third kappa shape index (κ3) is 2.59. The summed E-state index contributed by atoms with van der Waals surface area (Å²) in [5.41, 5.74) is 2.12. The fraction of sp³-hybridized carbons (Fsp3) is 0.444. The third-order valence-electron chi connectivity index (χ3n) is 4.99. The minimum absolute atomic E-state index is 0.0683. The number of carbonyl (C=O) groups is 1. The minimum Gasteiger partial charge on any atom is -0.369 e. The summed E-state index contributed by atoms with van der Waals surface area (Å²) >= 11 is 1.77. The smallest absolute Gasteiger partial charge is 0.254 e. The molecule has 0 aliphatic carbocycles. The lowest BCUT2D eigenvalue weighted by molar-refractivity contribution is -0.0906. The number of aryl methyl sites for hydroxylation is 1. The predicted molar refractivity (Wildman–Crippen MR) is 92.6 cm³/mol. The van der Waals surface area contributed by atoms with Gasteiger partial charge in [0.25, 0.3) is 5.91 Å². The van der Waals surface area contributed by atoms with Crippen LogP contribution >= 0.6 is 11.3 Å². The van der Waals surface area contributed by atoms with E-state index in [2.05, 4.69) is 16.4 Å². The van der Waals surface area contributed by atoms with Crippen molar-refractivity contribution < 1.29 is 9.53 Å². The summed E-state index contributed by atoms with van der Waals surface area (Å²) in [5, 5.41) is 2.14. The number of hydrogen-bond donors (Lipinski definition) is 1. The Morgan fingerprint density at radius 1 is 1.33 bits per heavy atom. The van der Waals surface area contributed by atoms with Gasteiger partial charge in [-0.15, -0.1) is 11.3 Å².